The fraction of sp³-hybridized carbons (Fsp3) is 0.684. The van der Waals surface area contributed by atoms with Crippen LogP contribution >= 0.6 is 0 Å². The summed E-state index contributed by atoms with van der Waals surface area (Å²) in [4.78, 5) is 0.669. The largest absolute Gasteiger partial charge is 0.493 e. The van der Waals surface area contributed by atoms with E-state index in [1.807, 2.05) is 0 Å². The predicted octanol–water partition coefficient (Wildman–Crippen LogP) is 3.03. The minimum Gasteiger partial charge on any atom is -0.493 e. The lowest BCUT2D eigenvalue weighted by atomic mass is 9.79. The standard InChI is InChI=1S/C19H29NO3/c1-12(2)7-14-11-20-6-5-13-8-18(22-3)19(23-4)9-15(13)16(20)10-17(14)21/h8-9,12,14,16-17,21H,5-7,10-11H2,1-4H3/i1D3,7D2,8D,9D,10D2,11D2,12D,14D,17D. The van der Waals surface area contributed by atoms with Gasteiger partial charge in [0.05, 0.1) is 24.4 Å². The normalized spacial score (nSPS) is 50.9. The number of nitrogens with zero attached hydrogens (tertiary/aromatic N) is 1. The average molecular weight is 334 g/mol. The van der Waals surface area contributed by atoms with Crippen molar-refractivity contribution in [2.75, 3.05) is 27.3 Å². The van der Waals surface area contributed by atoms with Crippen molar-refractivity contribution < 1.29 is 33.8 Å². The number of rotatable bonds is 4. The minimum atomic E-state index is -4.00. The first-order valence-electron chi connectivity index (χ1n) is 14.2. The fourth-order valence-corrected chi connectivity index (χ4v) is 2.69. The Hall–Kier alpha value is -1.26. The second-order valence-electron chi connectivity index (χ2n) is 5.28. The van der Waals surface area contributed by atoms with Crippen LogP contribution in [-0.2, 0) is 6.42 Å². The molecule has 1 N–H and O–H groups in total. The van der Waals surface area contributed by atoms with Crippen LogP contribution in [0.3, 0.4) is 0 Å². The first-order chi connectivity index (χ1) is 16.4. The van der Waals surface area contributed by atoms with E-state index in [2.05, 4.69) is 0 Å². The lowest BCUT2D eigenvalue weighted by molar-refractivity contribution is -0.0191. The Morgan fingerprint density at radius 1 is 1.57 bits per heavy atom. The van der Waals surface area contributed by atoms with E-state index in [0.29, 0.717) is 11.8 Å². The summed E-state index contributed by atoms with van der Waals surface area (Å²) in [6.45, 7) is -6.76. The Morgan fingerprint density at radius 2 is 2.30 bits per heavy atom. The van der Waals surface area contributed by atoms with Crippen LogP contribution in [0.5, 0.6) is 11.5 Å². The van der Waals surface area contributed by atoms with Gasteiger partial charge in [-0.3, -0.25) is 4.90 Å². The van der Waals surface area contributed by atoms with E-state index in [1.54, 1.807) is 0 Å². The van der Waals surface area contributed by atoms with E-state index >= 15 is 0 Å². The zero-order valence-electron chi connectivity index (χ0n) is 27.2. The molecule has 2 heterocycles. The summed E-state index contributed by atoms with van der Waals surface area (Å²) in [5.41, 5.74) is -0.242. The average Bonchev–Trinajstić information content (AvgIpc) is 2.77. The first kappa shape index (κ1) is 6.57. The van der Waals surface area contributed by atoms with Crippen LogP contribution in [0.2, 0.25) is 0 Å². The van der Waals surface area contributed by atoms with Crippen LogP contribution in [0.25, 0.3) is 0 Å². The lowest BCUT2D eigenvalue weighted by Crippen LogP contribution is -2.48. The van der Waals surface area contributed by atoms with Crippen LogP contribution in [0.15, 0.2) is 12.1 Å². The number of benzene rings is 1. The molecule has 1 aromatic carbocycles. The highest BCUT2D eigenvalue weighted by Gasteiger charge is 2.38. The number of hydrogen-bond acceptors (Lipinski definition) is 4. The molecule has 4 heteroatoms. The van der Waals surface area contributed by atoms with Crippen molar-refractivity contribution in [3.05, 3.63) is 23.2 Å². The molecule has 2 aliphatic heterocycles. The molecule has 0 aromatic heterocycles. The van der Waals surface area contributed by atoms with Crippen molar-refractivity contribution in [3.63, 3.8) is 0 Å². The molecule has 1 fully saturated rings. The minimum absolute atomic E-state index is 0.0627. The summed E-state index contributed by atoms with van der Waals surface area (Å²) in [5.74, 6) is -7.56. The van der Waals surface area contributed by atoms with Gasteiger partial charge in [-0.25, -0.2) is 0 Å². The maximum absolute atomic E-state index is 11.3. The third-order valence-electron chi connectivity index (χ3n) is 3.72. The van der Waals surface area contributed by atoms with Crippen LogP contribution in [0.1, 0.15) is 62.9 Å². The molecule has 4 nitrogen and oxygen atoms in total. The molecule has 4 atom stereocenters. The summed E-state index contributed by atoms with van der Waals surface area (Å²) < 4.78 is 128. The zero-order chi connectivity index (χ0) is 28.9. The summed E-state index contributed by atoms with van der Waals surface area (Å²) >= 11 is 0. The molecule has 0 radical (unpaired) electrons. The number of hydrogen-bond donors (Lipinski definition) is 1. The molecule has 0 saturated carbocycles. The number of aliphatic hydroxyl groups is 1. The second kappa shape index (κ2) is 6.70. The number of ether oxygens (including phenoxy) is 2. The van der Waals surface area contributed by atoms with Gasteiger partial charge >= 0.3 is 0 Å². The van der Waals surface area contributed by atoms with Crippen LogP contribution < -0.4 is 9.47 Å². The Balaban J connectivity index is 2.42. The Bertz CT molecular complexity index is 1100. The molecule has 128 valence electrons. The molecule has 0 amide bonds. The van der Waals surface area contributed by atoms with Gasteiger partial charge in [0.1, 0.15) is 0 Å². The van der Waals surface area contributed by atoms with E-state index < -0.39 is 62.6 Å². The van der Waals surface area contributed by atoms with Gasteiger partial charge in [0, 0.05) is 34.2 Å². The highest BCUT2D eigenvalue weighted by molar-refractivity contribution is 5.49. The van der Waals surface area contributed by atoms with Crippen molar-refractivity contribution in [1.29, 1.82) is 0 Å². The van der Waals surface area contributed by atoms with Crippen LogP contribution in [0.4, 0.5) is 0 Å². The van der Waals surface area contributed by atoms with Gasteiger partial charge in [-0.1, -0.05) is 13.8 Å². The van der Waals surface area contributed by atoms with Gasteiger partial charge in [0.25, 0.3) is 0 Å². The zero-order valence-corrected chi connectivity index (χ0v) is 13.2. The van der Waals surface area contributed by atoms with Gasteiger partial charge in [-0.15, -0.1) is 0 Å². The van der Waals surface area contributed by atoms with Crippen molar-refractivity contribution in [2.45, 2.75) is 45.1 Å². The maximum atomic E-state index is 11.3. The van der Waals surface area contributed by atoms with Crippen molar-refractivity contribution >= 4 is 0 Å². The third-order valence-corrected chi connectivity index (χ3v) is 3.72. The molecule has 3 rings (SSSR count). The summed E-state index contributed by atoms with van der Waals surface area (Å²) in [5, 5.41) is 11.3. The molecule has 0 aliphatic carbocycles. The molecule has 0 spiro atoms. The fourth-order valence-electron chi connectivity index (χ4n) is 2.69. The van der Waals surface area contributed by atoms with Gasteiger partial charge in [-0.05, 0) is 54.2 Å². The van der Waals surface area contributed by atoms with E-state index in [4.69, 9.17) is 28.7 Å². The monoisotopic (exact) mass is 333 g/mol. The Morgan fingerprint density at radius 3 is 3.00 bits per heavy atom. The highest BCUT2D eigenvalue weighted by Crippen LogP contribution is 2.43. The maximum Gasteiger partial charge on any atom is 0.161 e. The van der Waals surface area contributed by atoms with Crippen LogP contribution in [0, 0.1) is 11.8 Å². The second-order valence-corrected chi connectivity index (χ2v) is 5.28. The summed E-state index contributed by atoms with van der Waals surface area (Å²) in [7, 11) is 2.41. The van der Waals surface area contributed by atoms with Crippen LogP contribution in [-0.4, -0.2) is 43.3 Å². The van der Waals surface area contributed by atoms with Gasteiger partial charge < -0.3 is 14.6 Å². The molecular formula is C19H29NO3. The topological polar surface area (TPSA) is 41.9 Å². The Labute approximate surface area is 159 Å². The van der Waals surface area contributed by atoms with E-state index in [0.717, 1.165) is 0 Å². The summed E-state index contributed by atoms with van der Waals surface area (Å²) in [6, 6.07) is -2.78. The van der Waals surface area contributed by atoms with Crippen molar-refractivity contribution in [2.24, 2.45) is 11.8 Å². The Kier molecular flexibility index (Phi) is 1.91. The molecule has 1 aromatic rings. The summed E-state index contributed by atoms with van der Waals surface area (Å²) in [6.07, 6.45) is -11.4. The first-order valence-corrected chi connectivity index (χ1v) is 7.18. The lowest BCUT2D eigenvalue weighted by Gasteiger charge is -2.46. The predicted molar refractivity (Wildman–Crippen MR) is 91.1 cm³/mol. The van der Waals surface area contributed by atoms with Gasteiger partial charge in [0.15, 0.2) is 11.5 Å². The smallest absolute Gasteiger partial charge is 0.161 e. The molecule has 23 heavy (non-hydrogen) atoms. The number of fused-ring (bicyclic) bond motifs is 3. The SMILES string of the molecule is [2H]c1c2c(c([2H])c(OC)c1OC)C1N(CC2)C([2H])([2H])C([2H])(C([2H])([2H])C([2H])(C)C([2H])([2H])[2H])C([2H])(O)C1([2H])[2H]. The van der Waals surface area contributed by atoms with E-state index in [-0.39, 0.29) is 35.1 Å². The highest BCUT2D eigenvalue weighted by atomic mass is 16.5. The third kappa shape index (κ3) is 3.20. The van der Waals surface area contributed by atoms with Crippen molar-refractivity contribution in [1.82, 2.24) is 4.90 Å². The molecular weight excluding hydrogens is 290 g/mol. The quantitative estimate of drug-likeness (QED) is 0.920. The number of piperidine rings is 1. The molecule has 2 aliphatic rings. The molecule has 0 bridgehead atoms. The van der Waals surface area contributed by atoms with E-state index in [9.17, 15) is 5.11 Å². The molecule has 4 unspecified atom stereocenters. The van der Waals surface area contributed by atoms with Gasteiger partial charge in [-0.2, -0.15) is 0 Å². The van der Waals surface area contributed by atoms with Gasteiger partial charge in [0.2, 0.25) is 0 Å². The van der Waals surface area contributed by atoms with Crippen molar-refractivity contribution in [3.8, 4) is 11.5 Å². The van der Waals surface area contributed by atoms with E-state index in [1.165, 1.54) is 14.2 Å². The number of methoxy groups -OCH3 is 2. The molecule has 1 saturated heterocycles.